The van der Waals surface area contributed by atoms with Crippen LogP contribution in [-0.2, 0) is 27.2 Å². The quantitative estimate of drug-likeness (QED) is 0.466. The summed E-state index contributed by atoms with van der Waals surface area (Å²) in [4.78, 5) is 4.24. The van der Waals surface area contributed by atoms with Gasteiger partial charge in [-0.15, -0.1) is 0 Å². The molecule has 0 saturated carbocycles. The topological polar surface area (TPSA) is 88.4 Å². The molecule has 0 aliphatic rings. The second-order valence-electron chi connectivity index (χ2n) is 5.19. The van der Waals surface area contributed by atoms with Crippen molar-refractivity contribution in [2.45, 2.75) is 27.7 Å². The molecule has 10 heteroatoms. The number of hydrogen-bond acceptors (Lipinski definition) is 7. The third-order valence-corrected chi connectivity index (χ3v) is 8.50. The molecule has 27 heavy (non-hydrogen) atoms. The van der Waals surface area contributed by atoms with Gasteiger partial charge in [-0.3, -0.25) is 9.13 Å². The van der Waals surface area contributed by atoms with E-state index in [-0.39, 0.29) is 38.2 Å². The third kappa shape index (κ3) is 4.96. The Morgan fingerprint density at radius 1 is 1.04 bits per heavy atom. The van der Waals surface area contributed by atoms with Crippen LogP contribution in [0, 0.1) is 0 Å². The van der Waals surface area contributed by atoms with Crippen molar-refractivity contribution >= 4 is 26.9 Å². The molecule has 2 heterocycles. The van der Waals surface area contributed by atoms with Crippen molar-refractivity contribution in [2.24, 2.45) is 0 Å². The summed E-state index contributed by atoms with van der Waals surface area (Å²) in [6, 6.07) is 5.00. The van der Waals surface area contributed by atoms with Crippen LogP contribution in [0.5, 0.6) is 0 Å². The predicted molar refractivity (Wildman–Crippen MR) is 105 cm³/mol. The van der Waals surface area contributed by atoms with Crippen molar-refractivity contribution < 1.29 is 28.6 Å². The van der Waals surface area contributed by atoms with E-state index in [1.807, 2.05) is 0 Å². The number of aromatic nitrogens is 2. The van der Waals surface area contributed by atoms with Crippen LogP contribution < -0.4 is 0 Å². The fourth-order valence-corrected chi connectivity index (χ4v) is 6.82. The van der Waals surface area contributed by atoms with Crippen LogP contribution in [0.15, 0.2) is 35.6 Å². The van der Waals surface area contributed by atoms with Gasteiger partial charge in [0.05, 0.1) is 39.7 Å². The summed E-state index contributed by atoms with van der Waals surface area (Å²) in [6.45, 7) is 6.64. The molecular formula is C17H26N2O6P2. The first-order valence-electron chi connectivity index (χ1n) is 9.29. The molecule has 2 aromatic heterocycles. The van der Waals surface area contributed by atoms with Gasteiger partial charge in [-0.2, -0.15) is 0 Å². The van der Waals surface area contributed by atoms with Gasteiger partial charge in [0.15, 0.2) is 5.06 Å². The zero-order chi connectivity index (χ0) is 20.8. The Labute approximate surface area is 161 Å². The molecule has 0 atom stereocenters. The summed E-state index contributed by atoms with van der Waals surface area (Å²) < 4.78 is 59.1. The third-order valence-electron chi connectivity index (χ3n) is 3.37. The second-order valence-corrected chi connectivity index (χ2v) is 9.46. The molecular weight excluding hydrogens is 390 g/mol. The molecule has 0 N–H and O–H groups in total. The molecule has 0 aliphatic carbocycles. The first kappa shape index (κ1) is 20.5. The van der Waals surface area contributed by atoms with Crippen molar-refractivity contribution in [1.82, 2.24) is 9.38 Å². The lowest BCUT2D eigenvalue weighted by atomic mass is 10.4. The lowest BCUT2D eigenvalue weighted by Crippen LogP contribution is -2.05. The molecule has 150 valence electrons. The van der Waals surface area contributed by atoms with E-state index in [1.54, 1.807) is 56.5 Å². The fourth-order valence-electron chi connectivity index (χ4n) is 2.43. The minimum atomic E-state index is -4.15. The van der Waals surface area contributed by atoms with E-state index in [0.717, 1.165) is 0 Å². The molecule has 8 nitrogen and oxygen atoms in total. The highest BCUT2D eigenvalue weighted by Gasteiger charge is 2.45. The molecule has 0 unspecified atom stereocenters. The van der Waals surface area contributed by atoms with Crippen LogP contribution in [0.4, 0.5) is 0 Å². The van der Waals surface area contributed by atoms with E-state index >= 15 is 0 Å². The predicted octanol–water partition coefficient (Wildman–Crippen LogP) is 5.16. The van der Waals surface area contributed by atoms with E-state index in [2.05, 4.69) is 4.98 Å². The molecule has 0 fully saturated rings. The Hall–Kier alpha value is -1.27. The second kappa shape index (κ2) is 9.78. The van der Waals surface area contributed by atoms with Crippen molar-refractivity contribution in [2.75, 3.05) is 26.4 Å². The maximum atomic E-state index is 13.6. The van der Waals surface area contributed by atoms with E-state index < -0.39 is 20.2 Å². The Bertz CT molecular complexity index is 877. The van der Waals surface area contributed by atoms with Crippen molar-refractivity contribution in [3.63, 3.8) is 0 Å². The SMILES string of the molecule is [2H]C(=C(P(=O)(OCC)OCC)P(=O)(OCC)OCC)c1cnc2ccccn12. The first-order valence-corrected chi connectivity index (χ1v) is 11.9. The Morgan fingerprint density at radius 2 is 1.56 bits per heavy atom. The zero-order valence-corrected chi connectivity index (χ0v) is 17.7. The molecule has 0 bridgehead atoms. The van der Waals surface area contributed by atoms with Gasteiger partial charge in [-0.05, 0) is 45.9 Å². The molecule has 0 saturated heterocycles. The maximum Gasteiger partial charge on any atom is 0.369 e. The van der Waals surface area contributed by atoms with Crippen LogP contribution in [0.2, 0.25) is 0 Å². The Morgan fingerprint density at radius 3 is 2.04 bits per heavy atom. The smallest absolute Gasteiger partial charge is 0.305 e. The zero-order valence-electron chi connectivity index (χ0n) is 17.0. The Balaban J connectivity index is 2.84. The highest BCUT2D eigenvalue weighted by Crippen LogP contribution is 2.74. The molecule has 2 rings (SSSR count). The minimum absolute atomic E-state index is 0.0272. The molecule has 0 spiro atoms. The van der Waals surface area contributed by atoms with Crippen LogP contribution in [-0.4, -0.2) is 35.8 Å². The lowest BCUT2D eigenvalue weighted by molar-refractivity contribution is 0.214. The summed E-state index contributed by atoms with van der Waals surface area (Å²) in [6.07, 6.45) is 3.13. The van der Waals surface area contributed by atoms with Crippen LogP contribution in [0.3, 0.4) is 0 Å². The van der Waals surface area contributed by atoms with Gasteiger partial charge in [0, 0.05) is 6.20 Å². The molecule has 0 aliphatic heterocycles. The van der Waals surface area contributed by atoms with E-state index in [1.165, 1.54) is 6.20 Å². The average molecular weight is 417 g/mol. The lowest BCUT2D eigenvalue weighted by Gasteiger charge is -2.25. The Kier molecular flexibility index (Phi) is 7.41. The van der Waals surface area contributed by atoms with Gasteiger partial charge in [0.25, 0.3) is 0 Å². The van der Waals surface area contributed by atoms with Gasteiger partial charge in [-0.25, -0.2) is 4.98 Å². The van der Waals surface area contributed by atoms with Crippen LogP contribution in [0.25, 0.3) is 11.7 Å². The number of fused-ring (bicyclic) bond motifs is 1. The standard InChI is InChI=1S/C17H26N2O6P2/c1-5-22-26(20,23-6-2)17(27(21,24-7-3)25-8-4)13-15-14-18-16-11-9-10-12-19(15)16/h9-14H,5-8H2,1-4H3/i13D. The first-order chi connectivity index (χ1) is 13.4. The van der Waals surface area contributed by atoms with Crippen molar-refractivity contribution in [3.8, 4) is 0 Å². The summed E-state index contributed by atoms with van der Waals surface area (Å²) in [7, 11) is -8.30. The summed E-state index contributed by atoms with van der Waals surface area (Å²) in [5, 5.41) is -0.418. The van der Waals surface area contributed by atoms with Gasteiger partial charge in [0.2, 0.25) is 0 Å². The number of imidazole rings is 1. The maximum absolute atomic E-state index is 13.6. The van der Waals surface area contributed by atoms with Gasteiger partial charge >= 0.3 is 15.2 Å². The fraction of sp³-hybridized carbons (Fsp3) is 0.471. The van der Waals surface area contributed by atoms with Gasteiger partial charge < -0.3 is 22.5 Å². The van der Waals surface area contributed by atoms with E-state index in [0.29, 0.717) is 5.65 Å². The molecule has 0 amide bonds. The molecule has 0 aromatic carbocycles. The normalized spacial score (nSPS) is 13.0. The number of hydrogen-bond donors (Lipinski definition) is 0. The number of pyridine rings is 1. The number of nitrogens with zero attached hydrogens (tertiary/aromatic N) is 2. The van der Waals surface area contributed by atoms with E-state index in [9.17, 15) is 9.13 Å². The minimum Gasteiger partial charge on any atom is -0.305 e. The van der Waals surface area contributed by atoms with Gasteiger partial charge in [0.1, 0.15) is 5.65 Å². The average Bonchev–Trinajstić information content (AvgIpc) is 3.06. The van der Waals surface area contributed by atoms with Crippen molar-refractivity contribution in [1.29, 1.82) is 0 Å². The number of rotatable bonds is 11. The van der Waals surface area contributed by atoms with E-state index in [4.69, 9.17) is 19.5 Å². The molecule has 2 aromatic rings. The highest BCUT2D eigenvalue weighted by molar-refractivity contribution is 7.79. The molecule has 0 radical (unpaired) electrons. The monoisotopic (exact) mass is 417 g/mol. The largest absolute Gasteiger partial charge is 0.369 e. The summed E-state index contributed by atoms with van der Waals surface area (Å²) >= 11 is 0. The summed E-state index contributed by atoms with van der Waals surface area (Å²) in [5.41, 5.74) is 0.844. The highest BCUT2D eigenvalue weighted by atomic mass is 31.2. The van der Waals surface area contributed by atoms with Crippen LogP contribution in [0.1, 0.15) is 34.8 Å². The van der Waals surface area contributed by atoms with Crippen molar-refractivity contribution in [3.05, 3.63) is 41.3 Å². The van der Waals surface area contributed by atoms with Gasteiger partial charge in [-0.1, -0.05) is 6.07 Å². The van der Waals surface area contributed by atoms with Crippen LogP contribution >= 0.6 is 15.2 Å². The summed E-state index contributed by atoms with van der Waals surface area (Å²) in [5.74, 6) is 0.